The number of pyridine rings is 1. The number of aromatic nitrogens is 1. The van der Waals surface area contributed by atoms with E-state index in [4.69, 9.17) is 0 Å². The Hall–Kier alpha value is -1.62. The van der Waals surface area contributed by atoms with E-state index in [1.54, 1.807) is 6.20 Å². The lowest BCUT2D eigenvalue weighted by molar-refractivity contribution is -0.122. The Kier molecular flexibility index (Phi) is 6.29. The summed E-state index contributed by atoms with van der Waals surface area (Å²) in [5.74, 6) is 0.928. The quantitative estimate of drug-likeness (QED) is 0.783. The number of hydrogen-bond donors (Lipinski definition) is 2. The van der Waals surface area contributed by atoms with Gasteiger partial charge in [0.2, 0.25) is 5.91 Å². The third-order valence-corrected chi connectivity index (χ3v) is 2.79. The molecule has 0 spiro atoms. The summed E-state index contributed by atoms with van der Waals surface area (Å²) in [7, 11) is 1.85. The van der Waals surface area contributed by atoms with E-state index in [1.165, 1.54) is 0 Å². The molecule has 0 aliphatic carbocycles. The Morgan fingerprint density at radius 2 is 2.21 bits per heavy atom. The van der Waals surface area contributed by atoms with Gasteiger partial charge in [0.05, 0.1) is 6.54 Å². The third kappa shape index (κ3) is 5.26. The summed E-state index contributed by atoms with van der Waals surface area (Å²) < 4.78 is 0. The van der Waals surface area contributed by atoms with Gasteiger partial charge in [-0.3, -0.25) is 9.69 Å². The monoisotopic (exact) mass is 264 g/mol. The van der Waals surface area contributed by atoms with Crippen molar-refractivity contribution >= 4 is 11.7 Å². The van der Waals surface area contributed by atoms with Gasteiger partial charge < -0.3 is 10.6 Å². The lowest BCUT2D eigenvalue weighted by Gasteiger charge is -2.21. The van der Waals surface area contributed by atoms with E-state index in [9.17, 15) is 4.79 Å². The summed E-state index contributed by atoms with van der Waals surface area (Å²) in [6.45, 7) is 7.93. The molecule has 0 fully saturated rings. The van der Waals surface area contributed by atoms with Crippen LogP contribution in [0.5, 0.6) is 0 Å². The first-order chi connectivity index (χ1) is 9.06. The zero-order chi connectivity index (χ0) is 14.3. The van der Waals surface area contributed by atoms with Gasteiger partial charge >= 0.3 is 0 Å². The molecule has 0 aromatic carbocycles. The van der Waals surface area contributed by atoms with Crippen LogP contribution < -0.4 is 10.6 Å². The van der Waals surface area contributed by atoms with Gasteiger partial charge in [0, 0.05) is 31.4 Å². The maximum Gasteiger partial charge on any atom is 0.234 e. The van der Waals surface area contributed by atoms with E-state index in [-0.39, 0.29) is 11.9 Å². The average molecular weight is 264 g/mol. The number of likely N-dealkylation sites (N-methyl/N-ethyl adjacent to an activating group) is 1. The van der Waals surface area contributed by atoms with E-state index in [1.807, 2.05) is 33.0 Å². The maximum atomic E-state index is 11.8. The van der Waals surface area contributed by atoms with Crippen molar-refractivity contribution in [2.75, 3.05) is 25.5 Å². The van der Waals surface area contributed by atoms with Crippen molar-refractivity contribution in [1.29, 1.82) is 0 Å². The first kappa shape index (κ1) is 15.4. The van der Waals surface area contributed by atoms with Gasteiger partial charge in [-0.25, -0.2) is 4.98 Å². The highest BCUT2D eigenvalue weighted by atomic mass is 16.2. The first-order valence-electron chi connectivity index (χ1n) is 6.70. The van der Waals surface area contributed by atoms with Crippen LogP contribution in [-0.4, -0.2) is 42.0 Å². The number of nitrogens with zero attached hydrogens (tertiary/aromatic N) is 2. The zero-order valence-corrected chi connectivity index (χ0v) is 12.2. The highest BCUT2D eigenvalue weighted by Gasteiger charge is 2.12. The van der Waals surface area contributed by atoms with Gasteiger partial charge in [-0.2, -0.15) is 0 Å². The smallest absolute Gasteiger partial charge is 0.234 e. The molecule has 0 saturated heterocycles. The number of rotatable bonds is 7. The fourth-order valence-corrected chi connectivity index (χ4v) is 1.88. The van der Waals surface area contributed by atoms with E-state index in [0.29, 0.717) is 13.1 Å². The summed E-state index contributed by atoms with van der Waals surface area (Å²) in [5, 5.41) is 5.98. The third-order valence-electron chi connectivity index (χ3n) is 2.79. The summed E-state index contributed by atoms with van der Waals surface area (Å²) in [4.78, 5) is 18.1. The minimum Gasteiger partial charge on any atom is -0.373 e. The van der Waals surface area contributed by atoms with Gasteiger partial charge in [-0.15, -0.1) is 0 Å². The van der Waals surface area contributed by atoms with Crippen molar-refractivity contribution in [3.05, 3.63) is 23.9 Å². The van der Waals surface area contributed by atoms with Crippen molar-refractivity contribution in [1.82, 2.24) is 15.2 Å². The van der Waals surface area contributed by atoms with Gasteiger partial charge in [0.15, 0.2) is 0 Å². The van der Waals surface area contributed by atoms with Crippen LogP contribution in [0.25, 0.3) is 0 Å². The summed E-state index contributed by atoms with van der Waals surface area (Å²) in [5.41, 5.74) is 1.10. The Morgan fingerprint density at radius 1 is 1.47 bits per heavy atom. The molecule has 1 aromatic rings. The van der Waals surface area contributed by atoms with Crippen LogP contribution in [0.15, 0.2) is 18.3 Å². The molecule has 0 aliphatic rings. The number of amides is 1. The molecule has 0 radical (unpaired) electrons. The number of carbonyl (C=O) groups is 1. The Labute approximate surface area is 115 Å². The van der Waals surface area contributed by atoms with E-state index in [2.05, 4.69) is 27.4 Å². The summed E-state index contributed by atoms with van der Waals surface area (Å²) >= 11 is 0. The molecule has 5 nitrogen and oxygen atoms in total. The second kappa shape index (κ2) is 7.74. The molecule has 0 bridgehead atoms. The van der Waals surface area contributed by atoms with Gasteiger partial charge in [-0.1, -0.05) is 13.0 Å². The van der Waals surface area contributed by atoms with Crippen LogP contribution in [0, 0.1) is 0 Å². The fourth-order valence-electron chi connectivity index (χ4n) is 1.88. The maximum absolute atomic E-state index is 11.8. The highest BCUT2D eigenvalue weighted by molar-refractivity contribution is 5.78. The van der Waals surface area contributed by atoms with Gasteiger partial charge in [0.25, 0.3) is 0 Å². The lowest BCUT2D eigenvalue weighted by atomic mass is 10.2. The minimum absolute atomic E-state index is 0.0618. The van der Waals surface area contributed by atoms with E-state index >= 15 is 0 Å². The number of nitrogens with one attached hydrogen (secondary N) is 2. The molecule has 0 aliphatic heterocycles. The molecule has 0 atom stereocenters. The molecule has 5 heteroatoms. The van der Waals surface area contributed by atoms with Crippen molar-refractivity contribution in [3.63, 3.8) is 0 Å². The number of anilines is 1. The average Bonchev–Trinajstić information content (AvgIpc) is 2.37. The molecule has 106 valence electrons. The van der Waals surface area contributed by atoms with Crippen LogP contribution in [0.4, 0.5) is 5.82 Å². The Bertz CT molecular complexity index is 406. The highest BCUT2D eigenvalue weighted by Crippen LogP contribution is 2.13. The number of carbonyl (C=O) groups excluding carboxylic acids is 1. The van der Waals surface area contributed by atoms with Crippen LogP contribution in [0.1, 0.15) is 26.3 Å². The Balaban J connectivity index is 2.63. The van der Waals surface area contributed by atoms with E-state index in [0.717, 1.165) is 17.9 Å². The van der Waals surface area contributed by atoms with Crippen LogP contribution in [0.2, 0.25) is 0 Å². The predicted octanol–water partition coefficient (Wildman–Crippen LogP) is 1.47. The first-order valence-corrected chi connectivity index (χ1v) is 6.70. The molecule has 0 unspecified atom stereocenters. The minimum atomic E-state index is 0.0618. The van der Waals surface area contributed by atoms with E-state index < -0.39 is 0 Å². The molecule has 1 heterocycles. The van der Waals surface area contributed by atoms with Crippen molar-refractivity contribution < 1.29 is 4.79 Å². The Morgan fingerprint density at radius 3 is 2.79 bits per heavy atom. The molecular formula is C14H24N4O. The number of hydrogen-bond acceptors (Lipinski definition) is 4. The largest absolute Gasteiger partial charge is 0.373 e. The lowest BCUT2D eigenvalue weighted by Crippen LogP contribution is -2.39. The van der Waals surface area contributed by atoms with Crippen molar-refractivity contribution in [3.8, 4) is 0 Å². The molecular weight excluding hydrogens is 240 g/mol. The van der Waals surface area contributed by atoms with Crippen LogP contribution >= 0.6 is 0 Å². The second-order valence-electron chi connectivity index (χ2n) is 4.79. The second-order valence-corrected chi connectivity index (χ2v) is 4.79. The van der Waals surface area contributed by atoms with Crippen molar-refractivity contribution in [2.24, 2.45) is 0 Å². The molecule has 2 N–H and O–H groups in total. The molecule has 0 saturated carbocycles. The molecule has 1 aromatic heterocycles. The van der Waals surface area contributed by atoms with Crippen molar-refractivity contribution in [2.45, 2.75) is 33.4 Å². The van der Waals surface area contributed by atoms with Crippen LogP contribution in [-0.2, 0) is 11.3 Å². The predicted molar refractivity (Wildman–Crippen MR) is 78.0 cm³/mol. The standard InChI is InChI=1S/C14H24N4O/c1-5-18(10-13(19)17-11(2)3)9-12-7-6-8-16-14(12)15-4/h6-8,11H,5,9-10H2,1-4H3,(H,15,16)(H,17,19). The summed E-state index contributed by atoms with van der Waals surface area (Å²) in [6.07, 6.45) is 1.76. The van der Waals surface area contributed by atoms with Crippen LogP contribution in [0.3, 0.4) is 0 Å². The topological polar surface area (TPSA) is 57.3 Å². The molecule has 1 amide bonds. The molecule has 1 rings (SSSR count). The van der Waals surface area contributed by atoms with Gasteiger partial charge in [-0.05, 0) is 26.5 Å². The normalized spacial score (nSPS) is 10.8. The zero-order valence-electron chi connectivity index (χ0n) is 12.2. The summed E-state index contributed by atoms with van der Waals surface area (Å²) in [6, 6.07) is 4.12. The SMILES string of the molecule is CCN(CC(=O)NC(C)C)Cc1cccnc1NC. The fraction of sp³-hybridized carbons (Fsp3) is 0.571. The van der Waals surface area contributed by atoms with Gasteiger partial charge in [0.1, 0.15) is 5.82 Å². The molecule has 19 heavy (non-hydrogen) atoms.